The summed E-state index contributed by atoms with van der Waals surface area (Å²) in [6.07, 6.45) is 0.974. The lowest BCUT2D eigenvalue weighted by atomic mass is 10.2. The van der Waals surface area contributed by atoms with Gasteiger partial charge in [-0.3, -0.25) is 4.68 Å². The molecule has 0 amide bonds. The molecule has 0 aliphatic heterocycles. The fraction of sp³-hybridized carbons (Fsp3) is 0.333. The molecule has 0 aliphatic rings. The van der Waals surface area contributed by atoms with Gasteiger partial charge in [-0.2, -0.15) is 10.4 Å². The second-order valence-corrected chi connectivity index (χ2v) is 4.59. The molecule has 1 aromatic carbocycles. The second kappa shape index (κ2) is 6.05. The normalized spacial score (nSPS) is 10.2. The number of hydrogen-bond donors (Lipinski definition) is 1. The zero-order chi connectivity index (χ0) is 13.7. The molecule has 2 rings (SSSR count). The Kier molecular flexibility index (Phi) is 4.19. The van der Waals surface area contributed by atoms with E-state index in [1.165, 1.54) is 5.69 Å². The summed E-state index contributed by atoms with van der Waals surface area (Å²) in [6.45, 7) is 5.79. The summed E-state index contributed by atoms with van der Waals surface area (Å²) in [4.78, 5) is 0. The third-order valence-electron chi connectivity index (χ3n) is 3.01. The summed E-state index contributed by atoms with van der Waals surface area (Å²) in [5.74, 6) is 0. The van der Waals surface area contributed by atoms with Crippen LogP contribution in [0, 0.1) is 25.2 Å². The van der Waals surface area contributed by atoms with Crippen molar-refractivity contribution in [1.82, 2.24) is 9.78 Å². The van der Waals surface area contributed by atoms with Crippen LogP contribution >= 0.6 is 0 Å². The smallest absolute Gasteiger partial charge is 0.101 e. The molecule has 1 aromatic heterocycles. The minimum absolute atomic E-state index is 0.689. The number of hydrogen-bond acceptors (Lipinski definition) is 3. The zero-order valence-corrected chi connectivity index (χ0v) is 11.3. The predicted octanol–water partition coefficient (Wildman–Crippen LogP) is 2.87. The minimum atomic E-state index is 0.689. The highest BCUT2D eigenvalue weighted by Gasteiger charge is 2.01. The number of nitrogens with one attached hydrogen (secondary N) is 1. The maximum Gasteiger partial charge on any atom is 0.101 e. The van der Waals surface area contributed by atoms with E-state index in [4.69, 9.17) is 5.26 Å². The summed E-state index contributed by atoms with van der Waals surface area (Å²) < 4.78 is 2.02. The molecule has 0 saturated heterocycles. The van der Waals surface area contributed by atoms with Crippen LogP contribution in [0.4, 0.5) is 5.69 Å². The van der Waals surface area contributed by atoms with Gasteiger partial charge >= 0.3 is 0 Å². The molecule has 0 saturated carbocycles. The first-order chi connectivity index (χ1) is 9.20. The van der Waals surface area contributed by atoms with Crippen LogP contribution in [0.25, 0.3) is 0 Å². The van der Waals surface area contributed by atoms with Crippen molar-refractivity contribution in [3.05, 3.63) is 47.3 Å². The van der Waals surface area contributed by atoms with Gasteiger partial charge in [0.1, 0.15) is 6.07 Å². The van der Waals surface area contributed by atoms with E-state index in [1.54, 1.807) is 0 Å². The van der Waals surface area contributed by atoms with Crippen LogP contribution in [0.1, 0.15) is 23.4 Å². The molecule has 2 aromatic rings. The van der Waals surface area contributed by atoms with Crippen molar-refractivity contribution < 1.29 is 0 Å². The molecular weight excluding hydrogens is 236 g/mol. The van der Waals surface area contributed by atoms with E-state index in [9.17, 15) is 0 Å². The van der Waals surface area contributed by atoms with E-state index in [1.807, 2.05) is 35.9 Å². The van der Waals surface area contributed by atoms with Crippen molar-refractivity contribution in [2.75, 3.05) is 11.9 Å². The summed E-state index contributed by atoms with van der Waals surface area (Å²) >= 11 is 0. The average molecular weight is 254 g/mol. The molecule has 0 bridgehead atoms. The molecule has 0 fully saturated rings. The molecule has 0 spiro atoms. The summed E-state index contributed by atoms with van der Waals surface area (Å²) in [6, 6.07) is 11.8. The number of para-hydroxylation sites is 1. The van der Waals surface area contributed by atoms with Crippen LogP contribution in [0.5, 0.6) is 0 Å². The topological polar surface area (TPSA) is 53.6 Å². The van der Waals surface area contributed by atoms with Crippen LogP contribution in [-0.4, -0.2) is 16.3 Å². The summed E-state index contributed by atoms with van der Waals surface area (Å²) in [5.41, 5.74) is 3.84. The van der Waals surface area contributed by atoms with E-state index in [2.05, 4.69) is 29.5 Å². The van der Waals surface area contributed by atoms with E-state index >= 15 is 0 Å². The third kappa shape index (κ3) is 3.35. The van der Waals surface area contributed by atoms with Gasteiger partial charge in [-0.25, -0.2) is 0 Å². The standard InChI is InChI=1S/C15H18N4/c1-12-10-13(2)19(18-12)9-5-8-17-15-7-4-3-6-14(15)11-16/h3-4,6-7,10,17H,5,8-9H2,1-2H3. The third-order valence-corrected chi connectivity index (χ3v) is 3.01. The van der Waals surface area contributed by atoms with Gasteiger partial charge in [0.05, 0.1) is 16.9 Å². The van der Waals surface area contributed by atoms with Crippen molar-refractivity contribution in [3.8, 4) is 6.07 Å². The highest BCUT2D eigenvalue weighted by atomic mass is 15.3. The number of nitrogens with zero attached hydrogens (tertiary/aromatic N) is 3. The SMILES string of the molecule is Cc1cc(C)n(CCCNc2ccccc2C#N)n1. The average Bonchev–Trinajstić information content (AvgIpc) is 2.73. The van der Waals surface area contributed by atoms with Gasteiger partial charge < -0.3 is 5.32 Å². The Hall–Kier alpha value is -2.28. The van der Waals surface area contributed by atoms with Crippen molar-refractivity contribution in [3.63, 3.8) is 0 Å². The molecule has 4 heteroatoms. The van der Waals surface area contributed by atoms with Gasteiger partial charge in [0.15, 0.2) is 0 Å². The van der Waals surface area contributed by atoms with Crippen LogP contribution in [0.15, 0.2) is 30.3 Å². The molecule has 1 heterocycles. The molecule has 0 atom stereocenters. The van der Waals surface area contributed by atoms with Crippen LogP contribution in [-0.2, 0) is 6.54 Å². The summed E-state index contributed by atoms with van der Waals surface area (Å²) in [5, 5.41) is 16.7. The van der Waals surface area contributed by atoms with Gasteiger partial charge in [0.2, 0.25) is 0 Å². The van der Waals surface area contributed by atoms with E-state index < -0.39 is 0 Å². The highest BCUT2D eigenvalue weighted by Crippen LogP contribution is 2.13. The lowest BCUT2D eigenvalue weighted by Gasteiger charge is -2.08. The fourth-order valence-electron chi connectivity index (χ4n) is 2.09. The van der Waals surface area contributed by atoms with Crippen LogP contribution in [0.3, 0.4) is 0 Å². The van der Waals surface area contributed by atoms with Gasteiger partial charge in [0, 0.05) is 18.8 Å². The van der Waals surface area contributed by atoms with Gasteiger partial charge in [-0.1, -0.05) is 12.1 Å². The Labute approximate surface area is 113 Å². The first-order valence-corrected chi connectivity index (χ1v) is 6.45. The van der Waals surface area contributed by atoms with Crippen molar-refractivity contribution in [2.45, 2.75) is 26.8 Å². The molecule has 0 unspecified atom stereocenters. The molecule has 98 valence electrons. The van der Waals surface area contributed by atoms with Crippen molar-refractivity contribution >= 4 is 5.69 Å². The first-order valence-electron chi connectivity index (χ1n) is 6.45. The Balaban J connectivity index is 1.84. The van der Waals surface area contributed by atoms with E-state index in [0.29, 0.717) is 5.56 Å². The monoisotopic (exact) mass is 254 g/mol. The molecule has 0 radical (unpaired) electrons. The quantitative estimate of drug-likeness (QED) is 0.835. The fourth-order valence-corrected chi connectivity index (χ4v) is 2.09. The number of aryl methyl sites for hydroxylation is 3. The number of nitriles is 1. The molecule has 19 heavy (non-hydrogen) atoms. The predicted molar refractivity (Wildman–Crippen MR) is 76.0 cm³/mol. The number of anilines is 1. The van der Waals surface area contributed by atoms with Gasteiger partial charge in [-0.15, -0.1) is 0 Å². The van der Waals surface area contributed by atoms with E-state index in [0.717, 1.165) is 30.9 Å². The molecule has 1 N–H and O–H groups in total. The molecule has 4 nitrogen and oxygen atoms in total. The number of aromatic nitrogens is 2. The highest BCUT2D eigenvalue weighted by molar-refractivity contribution is 5.56. The molecule has 0 aliphatic carbocycles. The van der Waals surface area contributed by atoms with Gasteiger partial charge in [0.25, 0.3) is 0 Å². The van der Waals surface area contributed by atoms with Crippen LogP contribution in [0.2, 0.25) is 0 Å². The van der Waals surface area contributed by atoms with Gasteiger partial charge in [-0.05, 0) is 38.5 Å². The van der Waals surface area contributed by atoms with Crippen LogP contribution < -0.4 is 5.32 Å². The van der Waals surface area contributed by atoms with Crippen molar-refractivity contribution in [1.29, 1.82) is 5.26 Å². The Bertz CT molecular complexity index is 592. The maximum absolute atomic E-state index is 8.99. The summed E-state index contributed by atoms with van der Waals surface area (Å²) in [7, 11) is 0. The molecular formula is C15H18N4. The largest absolute Gasteiger partial charge is 0.384 e. The minimum Gasteiger partial charge on any atom is -0.384 e. The Morgan fingerprint density at radius 3 is 2.79 bits per heavy atom. The maximum atomic E-state index is 8.99. The Morgan fingerprint density at radius 1 is 1.32 bits per heavy atom. The second-order valence-electron chi connectivity index (χ2n) is 4.59. The van der Waals surface area contributed by atoms with E-state index in [-0.39, 0.29) is 0 Å². The lowest BCUT2D eigenvalue weighted by Crippen LogP contribution is -2.09. The number of rotatable bonds is 5. The first kappa shape index (κ1) is 13.2. The lowest BCUT2D eigenvalue weighted by molar-refractivity contribution is 0.574. The number of benzene rings is 1. The zero-order valence-electron chi connectivity index (χ0n) is 11.3. The van der Waals surface area contributed by atoms with Crippen molar-refractivity contribution in [2.24, 2.45) is 0 Å². The Morgan fingerprint density at radius 2 is 2.11 bits per heavy atom.